The molecule has 0 saturated carbocycles. The lowest BCUT2D eigenvalue weighted by Crippen LogP contribution is -2.01. The lowest BCUT2D eigenvalue weighted by Gasteiger charge is -2.00. The maximum atomic E-state index is 5.73. The number of nitrogens with two attached hydrogens (primary N) is 1. The van der Waals surface area contributed by atoms with Crippen molar-refractivity contribution in [1.82, 2.24) is 0 Å². The molecule has 0 bridgehead atoms. The molecule has 0 amide bonds. The first-order chi connectivity index (χ1) is 6.24. The van der Waals surface area contributed by atoms with Crippen molar-refractivity contribution in [2.75, 3.05) is 6.54 Å². The van der Waals surface area contributed by atoms with E-state index in [0.717, 1.165) is 30.8 Å². The van der Waals surface area contributed by atoms with Crippen LogP contribution >= 0.6 is 0 Å². The van der Waals surface area contributed by atoms with Crippen LogP contribution in [0.15, 0.2) is 16.8 Å². The van der Waals surface area contributed by atoms with Crippen LogP contribution in [0.4, 0.5) is 0 Å². The van der Waals surface area contributed by atoms with Crippen LogP contribution in [0, 0.1) is 0 Å². The van der Waals surface area contributed by atoms with Gasteiger partial charge in [0.25, 0.3) is 0 Å². The predicted molar refractivity (Wildman–Crippen MR) is 60.1 cm³/mol. The van der Waals surface area contributed by atoms with Gasteiger partial charge in [-0.05, 0) is 25.3 Å². The SMILES string of the molecule is CCCCN=C(/C=C(\N)CC)CC. The van der Waals surface area contributed by atoms with E-state index in [4.69, 9.17) is 5.73 Å². The van der Waals surface area contributed by atoms with Gasteiger partial charge >= 0.3 is 0 Å². The van der Waals surface area contributed by atoms with E-state index in [2.05, 4.69) is 25.8 Å². The lowest BCUT2D eigenvalue weighted by molar-refractivity contribution is 0.806. The van der Waals surface area contributed by atoms with E-state index in [0.29, 0.717) is 0 Å². The minimum atomic E-state index is 0.910. The van der Waals surface area contributed by atoms with Crippen LogP contribution in [0.5, 0.6) is 0 Å². The second-order valence-electron chi connectivity index (χ2n) is 3.15. The van der Waals surface area contributed by atoms with Crippen LogP contribution in [0.2, 0.25) is 0 Å². The second-order valence-corrected chi connectivity index (χ2v) is 3.15. The van der Waals surface area contributed by atoms with Gasteiger partial charge in [-0.15, -0.1) is 0 Å². The molecule has 0 saturated heterocycles. The molecule has 0 spiro atoms. The van der Waals surface area contributed by atoms with E-state index in [1.165, 1.54) is 12.8 Å². The molecular formula is C11H22N2. The molecule has 0 rings (SSSR count). The molecule has 2 heteroatoms. The molecule has 0 aliphatic rings. The van der Waals surface area contributed by atoms with Gasteiger partial charge in [0.05, 0.1) is 0 Å². The van der Waals surface area contributed by atoms with Gasteiger partial charge in [-0.3, -0.25) is 4.99 Å². The first-order valence-electron chi connectivity index (χ1n) is 5.23. The number of rotatable bonds is 6. The maximum absolute atomic E-state index is 5.73. The van der Waals surface area contributed by atoms with Crippen molar-refractivity contribution >= 4 is 5.71 Å². The zero-order valence-corrected chi connectivity index (χ0v) is 9.14. The van der Waals surface area contributed by atoms with Crippen molar-refractivity contribution in [2.24, 2.45) is 10.7 Å². The first kappa shape index (κ1) is 12.2. The fraction of sp³-hybridized carbons (Fsp3) is 0.727. The topological polar surface area (TPSA) is 38.4 Å². The van der Waals surface area contributed by atoms with E-state index in [1.807, 2.05) is 6.08 Å². The summed E-state index contributed by atoms with van der Waals surface area (Å²) in [6, 6.07) is 0. The van der Waals surface area contributed by atoms with Gasteiger partial charge in [-0.2, -0.15) is 0 Å². The molecular weight excluding hydrogens is 160 g/mol. The fourth-order valence-corrected chi connectivity index (χ4v) is 0.956. The van der Waals surface area contributed by atoms with Crippen LogP contribution in [0.1, 0.15) is 46.5 Å². The van der Waals surface area contributed by atoms with Gasteiger partial charge in [0.15, 0.2) is 0 Å². The first-order valence-corrected chi connectivity index (χ1v) is 5.23. The summed E-state index contributed by atoms with van der Waals surface area (Å²) in [5.41, 5.74) is 7.79. The highest BCUT2D eigenvalue weighted by Gasteiger charge is 1.92. The number of nitrogens with zero attached hydrogens (tertiary/aromatic N) is 1. The third-order valence-corrected chi connectivity index (χ3v) is 1.95. The molecule has 0 aliphatic carbocycles. The predicted octanol–water partition coefficient (Wildman–Crippen LogP) is 2.89. The summed E-state index contributed by atoms with van der Waals surface area (Å²) in [6.45, 7) is 7.29. The summed E-state index contributed by atoms with van der Waals surface area (Å²) in [5, 5.41) is 0. The van der Waals surface area contributed by atoms with E-state index in [1.54, 1.807) is 0 Å². The zero-order valence-electron chi connectivity index (χ0n) is 9.14. The van der Waals surface area contributed by atoms with E-state index < -0.39 is 0 Å². The van der Waals surface area contributed by atoms with E-state index >= 15 is 0 Å². The summed E-state index contributed by atoms with van der Waals surface area (Å²) >= 11 is 0. The van der Waals surface area contributed by atoms with Crippen LogP contribution in [0.3, 0.4) is 0 Å². The summed E-state index contributed by atoms with van der Waals surface area (Å²) < 4.78 is 0. The Bertz CT molecular complexity index is 181. The Balaban J connectivity index is 4.08. The molecule has 13 heavy (non-hydrogen) atoms. The van der Waals surface area contributed by atoms with Crippen LogP contribution in [0.25, 0.3) is 0 Å². The minimum absolute atomic E-state index is 0.910. The Morgan fingerprint density at radius 1 is 1.23 bits per heavy atom. The standard InChI is InChI=1S/C11H22N2/c1-4-7-8-13-11(6-3)9-10(12)5-2/h9H,4-8,12H2,1-3H3/b10-9-,13-11?. The Morgan fingerprint density at radius 3 is 2.38 bits per heavy atom. The third kappa shape index (κ3) is 6.38. The molecule has 76 valence electrons. The van der Waals surface area contributed by atoms with Crippen LogP contribution < -0.4 is 5.73 Å². The molecule has 0 unspecified atom stereocenters. The highest BCUT2D eigenvalue weighted by atomic mass is 14.7. The van der Waals surface area contributed by atoms with E-state index in [9.17, 15) is 0 Å². The largest absolute Gasteiger partial charge is 0.402 e. The second kappa shape index (κ2) is 7.84. The molecule has 0 aromatic heterocycles. The lowest BCUT2D eigenvalue weighted by atomic mass is 10.2. The van der Waals surface area contributed by atoms with E-state index in [-0.39, 0.29) is 0 Å². The molecule has 2 N–H and O–H groups in total. The summed E-state index contributed by atoms with van der Waals surface area (Å²) in [5.74, 6) is 0. The zero-order chi connectivity index (χ0) is 10.1. The third-order valence-electron chi connectivity index (χ3n) is 1.95. The Morgan fingerprint density at radius 2 is 1.92 bits per heavy atom. The molecule has 0 fully saturated rings. The molecule has 0 aliphatic heterocycles. The summed E-state index contributed by atoms with van der Waals surface area (Å²) in [4.78, 5) is 4.48. The average molecular weight is 182 g/mol. The van der Waals surface area contributed by atoms with Crippen molar-refractivity contribution in [3.05, 3.63) is 11.8 Å². The average Bonchev–Trinajstić information content (AvgIpc) is 2.16. The molecule has 0 aromatic carbocycles. The number of aliphatic imine (C=N–C) groups is 1. The minimum Gasteiger partial charge on any atom is -0.402 e. The molecule has 0 aromatic rings. The van der Waals surface area contributed by atoms with Gasteiger partial charge in [-0.1, -0.05) is 27.2 Å². The number of allylic oxidation sites excluding steroid dienone is 2. The number of unbranched alkanes of at least 4 members (excludes halogenated alkanes) is 1. The highest BCUT2D eigenvalue weighted by Crippen LogP contribution is 1.97. The van der Waals surface area contributed by atoms with Gasteiger partial charge in [0.2, 0.25) is 0 Å². The smallest absolute Gasteiger partial charge is 0.0392 e. The molecule has 2 nitrogen and oxygen atoms in total. The van der Waals surface area contributed by atoms with Crippen molar-refractivity contribution in [3.8, 4) is 0 Å². The fourth-order valence-electron chi connectivity index (χ4n) is 0.956. The monoisotopic (exact) mass is 182 g/mol. The summed E-state index contributed by atoms with van der Waals surface area (Å²) in [6.07, 6.45) is 6.27. The van der Waals surface area contributed by atoms with Gasteiger partial charge in [0, 0.05) is 18.0 Å². The van der Waals surface area contributed by atoms with Gasteiger partial charge < -0.3 is 5.73 Å². The van der Waals surface area contributed by atoms with Gasteiger partial charge in [0.1, 0.15) is 0 Å². The number of hydrogen-bond acceptors (Lipinski definition) is 2. The molecule has 0 heterocycles. The summed E-state index contributed by atoms with van der Waals surface area (Å²) in [7, 11) is 0. The highest BCUT2D eigenvalue weighted by molar-refractivity contribution is 5.95. The maximum Gasteiger partial charge on any atom is 0.0392 e. The van der Waals surface area contributed by atoms with Crippen molar-refractivity contribution < 1.29 is 0 Å². The van der Waals surface area contributed by atoms with Gasteiger partial charge in [-0.25, -0.2) is 0 Å². The van der Waals surface area contributed by atoms with Crippen molar-refractivity contribution in [2.45, 2.75) is 46.5 Å². The Hall–Kier alpha value is -0.790. The molecule has 0 radical (unpaired) electrons. The molecule has 0 atom stereocenters. The quantitative estimate of drug-likeness (QED) is 0.498. The normalized spacial score (nSPS) is 13.5. The van der Waals surface area contributed by atoms with Crippen LogP contribution in [-0.4, -0.2) is 12.3 Å². The Labute approximate surface area is 81.9 Å². The van der Waals surface area contributed by atoms with Crippen molar-refractivity contribution in [1.29, 1.82) is 0 Å². The Kier molecular flexibility index (Phi) is 7.36. The van der Waals surface area contributed by atoms with Crippen molar-refractivity contribution in [3.63, 3.8) is 0 Å². The number of hydrogen-bond donors (Lipinski definition) is 1. The van der Waals surface area contributed by atoms with Crippen LogP contribution in [-0.2, 0) is 0 Å².